The van der Waals surface area contributed by atoms with Gasteiger partial charge in [-0.2, -0.15) is 8.61 Å². The summed E-state index contributed by atoms with van der Waals surface area (Å²) in [6.45, 7) is 1.29. The molecule has 1 saturated heterocycles. The van der Waals surface area contributed by atoms with Crippen molar-refractivity contribution in [1.29, 1.82) is 0 Å². The van der Waals surface area contributed by atoms with Gasteiger partial charge in [0.05, 0.1) is 29.5 Å². The monoisotopic (exact) mass is 557 g/mol. The zero-order valence-corrected chi connectivity index (χ0v) is 22.5. The van der Waals surface area contributed by atoms with Crippen molar-refractivity contribution in [3.8, 4) is 0 Å². The van der Waals surface area contributed by atoms with Crippen molar-refractivity contribution >= 4 is 26.0 Å². The normalized spacial score (nSPS) is 14.9. The number of carbonyl (C=O) groups is 1. The summed E-state index contributed by atoms with van der Waals surface area (Å²) >= 11 is 0. The highest BCUT2D eigenvalue weighted by Crippen LogP contribution is 2.18. The molecule has 1 heterocycles. The molecular formula is C27H31N3O6S2. The van der Waals surface area contributed by atoms with Crippen molar-refractivity contribution in [2.24, 2.45) is 0 Å². The zero-order valence-electron chi connectivity index (χ0n) is 20.9. The smallest absolute Gasteiger partial charge is 0.243 e. The summed E-state index contributed by atoms with van der Waals surface area (Å²) in [7, 11) is -7.50. The number of nitrogens with zero attached hydrogens (tertiary/aromatic N) is 2. The van der Waals surface area contributed by atoms with Crippen LogP contribution in [0.4, 0.5) is 0 Å². The van der Waals surface area contributed by atoms with Crippen LogP contribution >= 0.6 is 0 Å². The fourth-order valence-corrected chi connectivity index (χ4v) is 6.88. The molecule has 0 aromatic heterocycles. The van der Waals surface area contributed by atoms with Crippen LogP contribution in [-0.2, 0) is 42.5 Å². The van der Waals surface area contributed by atoms with E-state index in [1.807, 2.05) is 30.3 Å². The first-order chi connectivity index (χ1) is 18.3. The van der Waals surface area contributed by atoms with Crippen LogP contribution in [0.2, 0.25) is 0 Å². The van der Waals surface area contributed by atoms with E-state index in [0.717, 1.165) is 5.56 Å². The van der Waals surface area contributed by atoms with E-state index in [2.05, 4.69) is 5.32 Å². The number of morpholine rings is 1. The molecular weight excluding hydrogens is 526 g/mol. The van der Waals surface area contributed by atoms with Gasteiger partial charge in [-0.15, -0.1) is 0 Å². The van der Waals surface area contributed by atoms with Crippen LogP contribution in [-0.4, -0.2) is 70.7 Å². The maximum atomic E-state index is 13.3. The lowest BCUT2D eigenvalue weighted by Crippen LogP contribution is -2.41. The Morgan fingerprint density at radius 1 is 0.789 bits per heavy atom. The first-order valence-corrected chi connectivity index (χ1v) is 15.2. The molecule has 0 atom stereocenters. The molecule has 0 unspecified atom stereocenters. The summed E-state index contributed by atoms with van der Waals surface area (Å²) in [4.78, 5) is 13.1. The minimum Gasteiger partial charge on any atom is -0.379 e. The van der Waals surface area contributed by atoms with Gasteiger partial charge in [-0.1, -0.05) is 60.7 Å². The van der Waals surface area contributed by atoms with Crippen molar-refractivity contribution in [3.63, 3.8) is 0 Å². The minimum atomic E-state index is -3.89. The van der Waals surface area contributed by atoms with Gasteiger partial charge in [-0.05, 0) is 41.8 Å². The minimum absolute atomic E-state index is 0.123. The van der Waals surface area contributed by atoms with Gasteiger partial charge in [-0.3, -0.25) is 4.79 Å². The van der Waals surface area contributed by atoms with E-state index in [9.17, 15) is 21.6 Å². The van der Waals surface area contributed by atoms with Gasteiger partial charge in [0.25, 0.3) is 0 Å². The van der Waals surface area contributed by atoms with Crippen LogP contribution < -0.4 is 5.32 Å². The first kappa shape index (κ1) is 27.9. The highest BCUT2D eigenvalue weighted by atomic mass is 32.2. The largest absolute Gasteiger partial charge is 0.379 e. The second kappa shape index (κ2) is 12.6. The molecule has 0 bridgehead atoms. The molecule has 1 amide bonds. The Bertz CT molecular complexity index is 1410. The second-order valence-electron chi connectivity index (χ2n) is 8.82. The average molecular weight is 558 g/mol. The van der Waals surface area contributed by atoms with Crippen LogP contribution in [0.3, 0.4) is 0 Å². The van der Waals surface area contributed by atoms with Crippen LogP contribution in [0.25, 0.3) is 0 Å². The van der Waals surface area contributed by atoms with Crippen LogP contribution in [0.1, 0.15) is 11.1 Å². The molecule has 1 aliphatic rings. The lowest BCUT2D eigenvalue weighted by atomic mass is 10.1. The zero-order chi connectivity index (χ0) is 27.0. The maximum Gasteiger partial charge on any atom is 0.243 e. The fraction of sp³-hybridized carbons (Fsp3) is 0.296. The Balaban J connectivity index is 1.40. The van der Waals surface area contributed by atoms with E-state index in [1.54, 1.807) is 30.3 Å². The highest BCUT2D eigenvalue weighted by molar-refractivity contribution is 7.89. The van der Waals surface area contributed by atoms with Gasteiger partial charge in [-0.25, -0.2) is 16.8 Å². The molecule has 1 aliphatic heterocycles. The molecule has 3 aromatic carbocycles. The molecule has 38 heavy (non-hydrogen) atoms. The topological polar surface area (TPSA) is 113 Å². The number of carbonyl (C=O) groups excluding carboxylic acids is 1. The van der Waals surface area contributed by atoms with E-state index in [-0.39, 0.29) is 29.4 Å². The van der Waals surface area contributed by atoms with Gasteiger partial charge in [0, 0.05) is 26.2 Å². The molecule has 202 valence electrons. The standard InChI is InChI=1S/C27H31N3O6S2/c31-27(28-21-24-11-13-26(14-12-24)37(32,33)29-17-19-36-20-18-29)22-30(16-15-23-7-3-1-4-8-23)38(34,35)25-9-5-2-6-10-25/h1-14H,15-22H2,(H,28,31). The van der Waals surface area contributed by atoms with Crippen molar-refractivity contribution < 1.29 is 26.4 Å². The van der Waals surface area contributed by atoms with E-state index in [4.69, 9.17) is 4.74 Å². The second-order valence-corrected chi connectivity index (χ2v) is 12.7. The summed E-state index contributed by atoms with van der Waals surface area (Å²) in [6.07, 6.45) is 0.458. The number of rotatable bonds is 11. The molecule has 0 radical (unpaired) electrons. The summed E-state index contributed by atoms with van der Waals surface area (Å²) in [6, 6.07) is 23.8. The number of nitrogens with one attached hydrogen (secondary N) is 1. The molecule has 4 rings (SSSR count). The third-order valence-electron chi connectivity index (χ3n) is 6.21. The molecule has 1 fully saturated rings. The molecule has 9 nitrogen and oxygen atoms in total. The van der Waals surface area contributed by atoms with Crippen molar-refractivity contribution in [1.82, 2.24) is 13.9 Å². The van der Waals surface area contributed by atoms with E-state index < -0.39 is 26.0 Å². The maximum absolute atomic E-state index is 13.3. The first-order valence-electron chi connectivity index (χ1n) is 12.3. The lowest BCUT2D eigenvalue weighted by Gasteiger charge is -2.26. The summed E-state index contributed by atoms with van der Waals surface area (Å²) < 4.78 is 60.0. The van der Waals surface area contributed by atoms with E-state index in [0.29, 0.717) is 38.3 Å². The predicted octanol–water partition coefficient (Wildman–Crippen LogP) is 2.26. The molecule has 1 N–H and O–H groups in total. The molecule has 0 aliphatic carbocycles. The summed E-state index contributed by atoms with van der Waals surface area (Å²) in [5, 5.41) is 2.75. The van der Waals surface area contributed by atoms with Gasteiger partial charge < -0.3 is 10.1 Å². The van der Waals surface area contributed by atoms with E-state index in [1.165, 1.54) is 32.9 Å². The van der Waals surface area contributed by atoms with Gasteiger partial charge >= 0.3 is 0 Å². The Hall–Kier alpha value is -3.09. The van der Waals surface area contributed by atoms with Crippen LogP contribution in [0, 0.1) is 0 Å². The van der Waals surface area contributed by atoms with E-state index >= 15 is 0 Å². The van der Waals surface area contributed by atoms with Crippen molar-refractivity contribution in [3.05, 3.63) is 96.1 Å². The number of hydrogen-bond donors (Lipinski definition) is 1. The number of amides is 1. The number of benzene rings is 3. The molecule has 3 aromatic rings. The van der Waals surface area contributed by atoms with Crippen LogP contribution in [0.5, 0.6) is 0 Å². The van der Waals surface area contributed by atoms with Gasteiger partial charge in [0.15, 0.2) is 0 Å². The number of sulfonamides is 2. The average Bonchev–Trinajstić information content (AvgIpc) is 2.95. The Labute approximate surface area is 224 Å². The SMILES string of the molecule is O=C(CN(CCc1ccccc1)S(=O)(=O)c1ccccc1)NCc1ccc(S(=O)(=O)N2CCOCC2)cc1. The summed E-state index contributed by atoms with van der Waals surface area (Å²) in [5.74, 6) is -0.456. The van der Waals surface area contributed by atoms with Gasteiger partial charge in [0.2, 0.25) is 26.0 Å². The molecule has 0 spiro atoms. The Kier molecular flexibility index (Phi) is 9.29. The van der Waals surface area contributed by atoms with Gasteiger partial charge in [0.1, 0.15) is 0 Å². The molecule has 11 heteroatoms. The third-order valence-corrected chi connectivity index (χ3v) is 9.99. The Morgan fingerprint density at radius 2 is 1.39 bits per heavy atom. The summed E-state index contributed by atoms with van der Waals surface area (Å²) in [5.41, 5.74) is 1.66. The quantitative estimate of drug-likeness (QED) is 0.387. The van der Waals surface area contributed by atoms with Crippen molar-refractivity contribution in [2.45, 2.75) is 22.8 Å². The number of ether oxygens (including phenoxy) is 1. The number of hydrogen-bond acceptors (Lipinski definition) is 6. The third kappa shape index (κ3) is 7.06. The lowest BCUT2D eigenvalue weighted by molar-refractivity contribution is -0.121. The fourth-order valence-electron chi connectivity index (χ4n) is 4.06. The molecule has 0 saturated carbocycles. The van der Waals surface area contributed by atoms with Crippen molar-refractivity contribution in [2.75, 3.05) is 39.4 Å². The highest BCUT2D eigenvalue weighted by Gasteiger charge is 2.27. The Morgan fingerprint density at radius 3 is 2.03 bits per heavy atom. The van der Waals surface area contributed by atoms with Crippen LogP contribution in [0.15, 0.2) is 94.7 Å². The predicted molar refractivity (Wildman–Crippen MR) is 143 cm³/mol.